The van der Waals surface area contributed by atoms with E-state index in [0.29, 0.717) is 0 Å². The number of hydrogen-bond donors (Lipinski definition) is 2. The van der Waals surface area contributed by atoms with Crippen LogP contribution in [0.1, 0.15) is 48.4 Å². The molecule has 1 heterocycles. The Bertz CT molecular complexity index is 1130. The summed E-state index contributed by atoms with van der Waals surface area (Å²) in [5.74, 6) is -2.01. The van der Waals surface area contributed by atoms with E-state index in [1.54, 1.807) is 24.3 Å². The molecule has 1 aliphatic heterocycles. The first-order chi connectivity index (χ1) is 16.0. The van der Waals surface area contributed by atoms with Crippen LogP contribution in [0.2, 0.25) is 0 Å². The fraction of sp³-hybridized carbons (Fsp3) is 0.231. The molecule has 0 atom stereocenters. The molecule has 0 bridgehead atoms. The van der Waals surface area contributed by atoms with Crippen molar-refractivity contribution in [3.63, 3.8) is 0 Å². The van der Waals surface area contributed by atoms with Gasteiger partial charge in [0.05, 0.1) is 22.3 Å². The van der Waals surface area contributed by atoms with Crippen LogP contribution in [0.25, 0.3) is 0 Å². The Labute approximate surface area is 198 Å². The highest BCUT2D eigenvalue weighted by atomic mass is 16.7. The highest BCUT2D eigenvalue weighted by Gasteiger charge is 2.51. The van der Waals surface area contributed by atoms with Crippen molar-refractivity contribution < 1.29 is 29.1 Å². The standard InChI is InChI=1S/C26H26BNO6/c1-25(2)26(3,4)34-27(33-25)19-9-15-22(16-10-19)28(20-11-5-17(6-12-20)23(29)30)21-13-7-18(8-14-21)24(31)32/h5-16H,1-4H3,(H,29,30)(H,31,32). The number of rotatable bonds is 6. The van der Waals surface area contributed by atoms with Crippen molar-refractivity contribution in [1.29, 1.82) is 0 Å². The van der Waals surface area contributed by atoms with E-state index < -0.39 is 30.3 Å². The topological polar surface area (TPSA) is 96.3 Å². The minimum absolute atomic E-state index is 0.182. The number of carboxylic acids is 2. The predicted molar refractivity (Wildman–Crippen MR) is 131 cm³/mol. The lowest BCUT2D eigenvalue weighted by atomic mass is 9.79. The molecule has 8 heteroatoms. The van der Waals surface area contributed by atoms with Crippen LogP contribution in [0.5, 0.6) is 0 Å². The number of nitrogens with zero attached hydrogens (tertiary/aromatic N) is 1. The molecule has 2 N–H and O–H groups in total. The zero-order chi connectivity index (χ0) is 24.7. The number of anilines is 3. The minimum Gasteiger partial charge on any atom is -0.478 e. The van der Waals surface area contributed by atoms with Gasteiger partial charge in [-0.05, 0) is 93.8 Å². The van der Waals surface area contributed by atoms with Crippen LogP contribution in [0.15, 0.2) is 72.8 Å². The van der Waals surface area contributed by atoms with Crippen molar-refractivity contribution >= 4 is 41.6 Å². The van der Waals surface area contributed by atoms with Crippen molar-refractivity contribution in [2.45, 2.75) is 38.9 Å². The summed E-state index contributed by atoms with van der Waals surface area (Å²) in [6, 6.07) is 20.7. The Hall–Kier alpha value is -3.62. The maximum atomic E-state index is 11.3. The van der Waals surface area contributed by atoms with Gasteiger partial charge in [-0.15, -0.1) is 0 Å². The molecule has 174 valence electrons. The number of benzene rings is 3. The second-order valence-corrected chi connectivity index (χ2v) is 9.22. The molecule has 4 rings (SSSR count). The largest absolute Gasteiger partial charge is 0.494 e. The van der Waals surface area contributed by atoms with Gasteiger partial charge in [-0.3, -0.25) is 0 Å². The van der Waals surface area contributed by atoms with E-state index >= 15 is 0 Å². The lowest BCUT2D eigenvalue weighted by molar-refractivity contribution is 0.00578. The molecule has 0 radical (unpaired) electrons. The molecule has 0 aromatic heterocycles. The third-order valence-corrected chi connectivity index (χ3v) is 6.42. The molecule has 0 amide bonds. The first kappa shape index (κ1) is 23.5. The molecule has 0 aliphatic carbocycles. The molecule has 0 spiro atoms. The third-order valence-electron chi connectivity index (χ3n) is 6.42. The van der Waals surface area contributed by atoms with Crippen LogP contribution in [0.3, 0.4) is 0 Å². The van der Waals surface area contributed by atoms with Crippen molar-refractivity contribution in [2.24, 2.45) is 0 Å². The van der Waals surface area contributed by atoms with Gasteiger partial charge in [-0.2, -0.15) is 0 Å². The Morgan fingerprint density at radius 2 is 0.971 bits per heavy atom. The lowest BCUT2D eigenvalue weighted by Crippen LogP contribution is -2.41. The Morgan fingerprint density at radius 1 is 0.647 bits per heavy atom. The fourth-order valence-corrected chi connectivity index (χ4v) is 3.71. The second-order valence-electron chi connectivity index (χ2n) is 9.22. The quantitative estimate of drug-likeness (QED) is 0.509. The SMILES string of the molecule is CC1(C)OB(c2ccc(N(c3ccc(C(=O)O)cc3)c3ccc(C(=O)O)cc3)cc2)OC1(C)C. The van der Waals surface area contributed by atoms with Crippen molar-refractivity contribution in [1.82, 2.24) is 0 Å². The zero-order valence-corrected chi connectivity index (χ0v) is 19.5. The van der Waals surface area contributed by atoms with Gasteiger partial charge in [0, 0.05) is 17.1 Å². The number of carbonyl (C=O) groups is 2. The van der Waals surface area contributed by atoms with Gasteiger partial charge in [-0.25, -0.2) is 9.59 Å². The monoisotopic (exact) mass is 459 g/mol. The third kappa shape index (κ3) is 4.42. The minimum atomic E-state index is -1.00. The van der Waals surface area contributed by atoms with E-state index in [9.17, 15) is 19.8 Å². The second kappa shape index (κ2) is 8.63. The van der Waals surface area contributed by atoms with Gasteiger partial charge >= 0.3 is 19.1 Å². The summed E-state index contributed by atoms with van der Waals surface area (Å²) in [6.07, 6.45) is 0. The van der Waals surface area contributed by atoms with E-state index in [1.165, 1.54) is 24.3 Å². The van der Waals surface area contributed by atoms with Crippen molar-refractivity contribution in [3.8, 4) is 0 Å². The van der Waals surface area contributed by atoms with Crippen LogP contribution >= 0.6 is 0 Å². The molecule has 7 nitrogen and oxygen atoms in total. The maximum absolute atomic E-state index is 11.3. The average molecular weight is 459 g/mol. The highest BCUT2D eigenvalue weighted by Crippen LogP contribution is 2.37. The lowest BCUT2D eigenvalue weighted by Gasteiger charge is -2.32. The molecule has 3 aromatic carbocycles. The highest BCUT2D eigenvalue weighted by molar-refractivity contribution is 6.62. The summed E-state index contributed by atoms with van der Waals surface area (Å²) >= 11 is 0. The molecule has 3 aromatic rings. The number of carboxylic acid groups (broad SMARTS) is 2. The molecular weight excluding hydrogens is 433 g/mol. The van der Waals surface area contributed by atoms with Crippen molar-refractivity contribution in [3.05, 3.63) is 83.9 Å². The molecule has 1 aliphatic rings. The van der Waals surface area contributed by atoms with Crippen LogP contribution in [0.4, 0.5) is 17.1 Å². The van der Waals surface area contributed by atoms with Gasteiger partial charge in [0.2, 0.25) is 0 Å². The number of hydrogen-bond acceptors (Lipinski definition) is 5. The molecule has 0 unspecified atom stereocenters. The Morgan fingerprint density at radius 3 is 1.29 bits per heavy atom. The first-order valence-corrected chi connectivity index (χ1v) is 10.9. The van der Waals surface area contributed by atoms with E-state index in [4.69, 9.17) is 9.31 Å². The van der Waals surface area contributed by atoms with Gasteiger partial charge in [0.25, 0.3) is 0 Å². The summed E-state index contributed by atoms with van der Waals surface area (Å²) in [4.78, 5) is 24.5. The van der Waals surface area contributed by atoms with Crippen LogP contribution in [0, 0.1) is 0 Å². The summed E-state index contributed by atoms with van der Waals surface area (Å²) in [5, 5.41) is 18.5. The van der Waals surface area contributed by atoms with Crippen LogP contribution in [-0.2, 0) is 9.31 Å². The normalized spacial score (nSPS) is 16.3. The van der Waals surface area contributed by atoms with Gasteiger partial charge in [0.15, 0.2) is 0 Å². The molecule has 1 saturated heterocycles. The maximum Gasteiger partial charge on any atom is 0.494 e. The van der Waals surface area contributed by atoms with Crippen LogP contribution in [-0.4, -0.2) is 40.5 Å². The van der Waals surface area contributed by atoms with E-state index in [2.05, 4.69) is 0 Å². The van der Waals surface area contributed by atoms with E-state index in [0.717, 1.165) is 22.5 Å². The predicted octanol–water partition coefficient (Wildman–Crippen LogP) is 4.85. The molecule has 0 saturated carbocycles. The summed E-state index contributed by atoms with van der Waals surface area (Å²) in [7, 11) is -0.489. The van der Waals surface area contributed by atoms with E-state index in [1.807, 2.05) is 56.9 Å². The van der Waals surface area contributed by atoms with Crippen LogP contribution < -0.4 is 10.4 Å². The summed E-state index contributed by atoms with van der Waals surface area (Å²) < 4.78 is 12.3. The molecule has 34 heavy (non-hydrogen) atoms. The average Bonchev–Trinajstić information content (AvgIpc) is 3.02. The fourth-order valence-electron chi connectivity index (χ4n) is 3.71. The Kier molecular flexibility index (Phi) is 5.97. The van der Waals surface area contributed by atoms with E-state index in [-0.39, 0.29) is 11.1 Å². The first-order valence-electron chi connectivity index (χ1n) is 10.9. The van der Waals surface area contributed by atoms with Gasteiger partial charge in [0.1, 0.15) is 0 Å². The smallest absolute Gasteiger partial charge is 0.478 e. The van der Waals surface area contributed by atoms with Crippen molar-refractivity contribution in [2.75, 3.05) is 4.90 Å². The zero-order valence-electron chi connectivity index (χ0n) is 19.5. The van der Waals surface area contributed by atoms with Gasteiger partial charge < -0.3 is 24.4 Å². The summed E-state index contributed by atoms with van der Waals surface area (Å²) in [6.45, 7) is 8.02. The summed E-state index contributed by atoms with van der Waals surface area (Å²) in [5.41, 5.74) is 2.63. The Balaban J connectivity index is 1.70. The number of aromatic carboxylic acids is 2. The molecule has 1 fully saturated rings. The molecular formula is C26H26BNO6. The van der Waals surface area contributed by atoms with Gasteiger partial charge in [-0.1, -0.05) is 12.1 Å².